The number of thiazole rings is 1. The molecule has 4 heterocycles. The Morgan fingerprint density at radius 2 is 1.83 bits per heavy atom. The normalized spacial score (nSPS) is 14.2. The van der Waals surface area contributed by atoms with E-state index in [2.05, 4.69) is 45.9 Å². The average molecular weight is 592 g/mol. The van der Waals surface area contributed by atoms with Crippen LogP contribution in [0.1, 0.15) is 37.9 Å². The molecule has 3 aromatic heterocycles. The molecular weight excluding hydrogens is 554 g/mol. The Morgan fingerprint density at radius 1 is 1.05 bits per heavy atom. The standard InChI is InChI=1S/C29H37N9O3S/c1-18-14-20(6-7-21(18)33-27(40)34-25-15-23(41-36-25)29(3,4)5)22-17-30-28(42-22)35-24-16-26(32-19(2)31-24)38-10-8-37(9-11-38)12-13-39/h6-7,14-17,39H,8-13H2,1-5H3,(H,30,31,32,35)(H2,33,34,36,40). The van der Waals surface area contributed by atoms with Gasteiger partial charge in [-0.1, -0.05) is 43.3 Å². The van der Waals surface area contributed by atoms with Crippen molar-refractivity contribution in [2.45, 2.75) is 40.0 Å². The Kier molecular flexibility index (Phi) is 8.71. The number of hydrogen-bond acceptors (Lipinski definition) is 11. The monoisotopic (exact) mass is 591 g/mol. The number of carbonyl (C=O) groups is 1. The maximum atomic E-state index is 12.6. The predicted octanol–water partition coefficient (Wildman–Crippen LogP) is 5.00. The van der Waals surface area contributed by atoms with Crippen LogP contribution >= 0.6 is 11.3 Å². The summed E-state index contributed by atoms with van der Waals surface area (Å²) in [5, 5.41) is 22.8. The third kappa shape index (κ3) is 7.22. The molecule has 0 unspecified atom stereocenters. The highest BCUT2D eigenvalue weighted by Crippen LogP contribution is 2.33. The maximum Gasteiger partial charge on any atom is 0.324 e. The Bertz CT molecular complexity index is 1540. The fourth-order valence-electron chi connectivity index (χ4n) is 4.61. The molecule has 0 aliphatic carbocycles. The van der Waals surface area contributed by atoms with Crippen LogP contribution in [0.5, 0.6) is 0 Å². The highest BCUT2D eigenvalue weighted by molar-refractivity contribution is 7.18. The van der Waals surface area contributed by atoms with E-state index in [1.807, 2.05) is 65.1 Å². The molecule has 1 aromatic carbocycles. The van der Waals surface area contributed by atoms with Gasteiger partial charge in [-0.3, -0.25) is 10.2 Å². The number of piperazine rings is 1. The van der Waals surface area contributed by atoms with Crippen LogP contribution in [-0.4, -0.2) is 75.5 Å². The number of β-amino-alcohol motifs (C(OH)–C–C–N with tert-alkyl or cyclic N) is 1. The first kappa shape index (κ1) is 29.4. The zero-order chi connectivity index (χ0) is 29.9. The zero-order valence-corrected chi connectivity index (χ0v) is 25.4. The smallest absolute Gasteiger partial charge is 0.324 e. The van der Waals surface area contributed by atoms with E-state index in [9.17, 15) is 9.90 Å². The summed E-state index contributed by atoms with van der Waals surface area (Å²) in [5.74, 6) is 3.32. The number of hydrogen-bond donors (Lipinski definition) is 4. The van der Waals surface area contributed by atoms with Crippen molar-refractivity contribution in [2.24, 2.45) is 0 Å². The minimum absolute atomic E-state index is 0.178. The number of amides is 2. The Morgan fingerprint density at radius 3 is 2.52 bits per heavy atom. The van der Waals surface area contributed by atoms with Gasteiger partial charge in [0.25, 0.3) is 0 Å². The number of aryl methyl sites for hydroxylation is 2. The van der Waals surface area contributed by atoms with Crippen LogP contribution < -0.4 is 20.9 Å². The van der Waals surface area contributed by atoms with Gasteiger partial charge in [-0.25, -0.2) is 19.7 Å². The van der Waals surface area contributed by atoms with Gasteiger partial charge in [-0.2, -0.15) is 0 Å². The van der Waals surface area contributed by atoms with Crippen molar-refractivity contribution in [1.29, 1.82) is 0 Å². The molecule has 2 amide bonds. The van der Waals surface area contributed by atoms with Crippen molar-refractivity contribution in [3.8, 4) is 10.4 Å². The molecule has 13 heteroatoms. The number of rotatable bonds is 8. The van der Waals surface area contributed by atoms with E-state index >= 15 is 0 Å². The molecule has 1 fully saturated rings. The third-order valence-corrected chi connectivity index (χ3v) is 7.89. The summed E-state index contributed by atoms with van der Waals surface area (Å²) < 4.78 is 5.34. The molecule has 4 aromatic rings. The fraction of sp³-hybridized carbons (Fsp3) is 0.414. The highest BCUT2D eigenvalue weighted by Gasteiger charge is 2.21. The molecule has 5 rings (SSSR count). The van der Waals surface area contributed by atoms with E-state index in [-0.39, 0.29) is 12.0 Å². The second-order valence-corrected chi connectivity index (χ2v) is 12.3. The van der Waals surface area contributed by atoms with Crippen molar-refractivity contribution in [3.63, 3.8) is 0 Å². The summed E-state index contributed by atoms with van der Waals surface area (Å²) in [7, 11) is 0. The van der Waals surface area contributed by atoms with Crippen LogP contribution in [-0.2, 0) is 5.41 Å². The molecule has 0 spiro atoms. The average Bonchev–Trinajstić information content (AvgIpc) is 3.60. The number of aliphatic hydroxyl groups is 1. The summed E-state index contributed by atoms with van der Waals surface area (Å²) in [6, 6.07) is 9.14. The van der Waals surface area contributed by atoms with Gasteiger partial charge in [0.05, 0.1) is 11.5 Å². The number of carbonyl (C=O) groups excluding carboxylic acids is 1. The lowest BCUT2D eigenvalue weighted by molar-refractivity contribution is 0.188. The first-order valence-electron chi connectivity index (χ1n) is 13.9. The van der Waals surface area contributed by atoms with E-state index in [0.29, 0.717) is 35.5 Å². The Hall–Kier alpha value is -4.07. The van der Waals surface area contributed by atoms with Crippen LogP contribution in [0.15, 0.2) is 41.1 Å². The molecule has 0 saturated carbocycles. The van der Waals surface area contributed by atoms with E-state index < -0.39 is 6.03 Å². The summed E-state index contributed by atoms with van der Waals surface area (Å²) in [5.41, 5.74) is 2.41. The third-order valence-electron chi connectivity index (χ3n) is 6.93. The first-order chi connectivity index (χ1) is 20.1. The van der Waals surface area contributed by atoms with Gasteiger partial charge in [0.15, 0.2) is 10.9 Å². The molecule has 1 aliphatic rings. The molecular formula is C29H37N9O3S. The van der Waals surface area contributed by atoms with Crippen LogP contribution in [0.4, 0.5) is 33.1 Å². The number of nitrogens with one attached hydrogen (secondary N) is 3. The van der Waals surface area contributed by atoms with Gasteiger partial charge in [0.2, 0.25) is 0 Å². The Balaban J connectivity index is 1.21. The lowest BCUT2D eigenvalue weighted by Crippen LogP contribution is -2.47. The lowest BCUT2D eigenvalue weighted by atomic mass is 9.93. The molecule has 1 saturated heterocycles. The molecule has 12 nitrogen and oxygen atoms in total. The van der Waals surface area contributed by atoms with Gasteiger partial charge in [0, 0.05) is 62.2 Å². The molecule has 0 atom stereocenters. The lowest BCUT2D eigenvalue weighted by Gasteiger charge is -2.35. The van der Waals surface area contributed by atoms with Gasteiger partial charge in [0.1, 0.15) is 23.2 Å². The molecule has 0 radical (unpaired) electrons. The van der Waals surface area contributed by atoms with Crippen LogP contribution in [0.25, 0.3) is 10.4 Å². The first-order valence-corrected chi connectivity index (χ1v) is 14.7. The number of benzene rings is 1. The van der Waals surface area contributed by atoms with Crippen molar-refractivity contribution in [3.05, 3.63) is 53.7 Å². The van der Waals surface area contributed by atoms with Crippen LogP contribution in [0.3, 0.4) is 0 Å². The molecule has 0 bridgehead atoms. The molecule has 1 aliphatic heterocycles. The van der Waals surface area contributed by atoms with Crippen molar-refractivity contribution >= 4 is 45.6 Å². The van der Waals surface area contributed by atoms with Gasteiger partial charge >= 0.3 is 6.03 Å². The Labute approximate surface area is 249 Å². The highest BCUT2D eigenvalue weighted by atomic mass is 32.1. The van der Waals surface area contributed by atoms with Gasteiger partial charge in [-0.15, -0.1) is 0 Å². The number of nitrogens with zero attached hydrogens (tertiary/aromatic N) is 6. The van der Waals surface area contributed by atoms with Crippen molar-refractivity contribution in [2.75, 3.05) is 60.2 Å². The molecule has 4 N–H and O–H groups in total. The van der Waals surface area contributed by atoms with Gasteiger partial charge < -0.3 is 25.2 Å². The fourth-order valence-corrected chi connectivity index (χ4v) is 5.43. The number of aliphatic hydroxyl groups excluding tert-OH is 1. The predicted molar refractivity (Wildman–Crippen MR) is 166 cm³/mol. The van der Waals surface area contributed by atoms with Crippen LogP contribution in [0.2, 0.25) is 0 Å². The topological polar surface area (TPSA) is 145 Å². The van der Waals surface area contributed by atoms with E-state index in [4.69, 9.17) is 4.52 Å². The SMILES string of the molecule is Cc1nc(Nc2ncc(-c3ccc(NC(=O)Nc4cc(C(C)(C)C)on4)c(C)c3)s2)cc(N2CCN(CCO)CC2)n1. The second kappa shape index (κ2) is 12.4. The summed E-state index contributed by atoms with van der Waals surface area (Å²) in [4.78, 5) is 31.8. The quantitative estimate of drug-likeness (QED) is 0.221. The number of aromatic nitrogens is 4. The van der Waals surface area contributed by atoms with Crippen molar-refractivity contribution < 1.29 is 14.4 Å². The molecule has 42 heavy (non-hydrogen) atoms. The maximum absolute atomic E-state index is 12.6. The van der Waals surface area contributed by atoms with Crippen LogP contribution in [0, 0.1) is 13.8 Å². The summed E-state index contributed by atoms with van der Waals surface area (Å²) >= 11 is 1.52. The second-order valence-electron chi connectivity index (χ2n) is 11.3. The largest absolute Gasteiger partial charge is 0.395 e. The zero-order valence-electron chi connectivity index (χ0n) is 24.6. The van der Waals surface area contributed by atoms with Crippen molar-refractivity contribution in [1.82, 2.24) is 25.0 Å². The number of urea groups is 1. The molecule has 222 valence electrons. The van der Waals surface area contributed by atoms with Gasteiger partial charge in [-0.05, 0) is 37.1 Å². The number of anilines is 5. The minimum atomic E-state index is -0.393. The van der Waals surface area contributed by atoms with E-state index in [1.165, 1.54) is 11.3 Å². The van der Waals surface area contributed by atoms with E-state index in [0.717, 1.165) is 53.1 Å². The minimum Gasteiger partial charge on any atom is -0.395 e. The summed E-state index contributed by atoms with van der Waals surface area (Å²) in [6.07, 6.45) is 1.83. The summed E-state index contributed by atoms with van der Waals surface area (Å²) in [6.45, 7) is 14.2. The van der Waals surface area contributed by atoms with E-state index in [1.54, 1.807) is 6.07 Å².